The van der Waals surface area contributed by atoms with Crippen LogP contribution in [0.15, 0.2) is 12.2 Å². The van der Waals surface area contributed by atoms with E-state index in [9.17, 15) is 0 Å². The Kier molecular flexibility index (Phi) is 2.01. The number of halogens is 1. The molecular formula is C5H9I. The average Bonchev–Trinajstić information content (AvgIpc) is 1.72. The molecule has 0 radical (unpaired) electrons. The van der Waals surface area contributed by atoms with Crippen LogP contribution in [0.4, 0.5) is 0 Å². The van der Waals surface area contributed by atoms with Crippen LogP contribution in [0.25, 0.3) is 0 Å². The summed E-state index contributed by atoms with van der Waals surface area (Å²) in [5.74, 6) is 0. The second-order valence-corrected chi connectivity index (χ2v) is 4.62. The van der Waals surface area contributed by atoms with Crippen LogP contribution in [0.3, 0.4) is 0 Å². The van der Waals surface area contributed by atoms with Gasteiger partial charge in [-0.1, -0.05) is 0 Å². The van der Waals surface area contributed by atoms with E-state index < -0.39 is 0 Å². The van der Waals surface area contributed by atoms with Crippen molar-refractivity contribution in [1.29, 1.82) is 0 Å². The van der Waals surface area contributed by atoms with Gasteiger partial charge >= 0.3 is 48.6 Å². The van der Waals surface area contributed by atoms with E-state index in [4.69, 9.17) is 0 Å². The molecule has 1 rings (SSSR count). The number of allylic oxidation sites excluding steroid dienone is 2. The number of rotatable bonds is 0. The van der Waals surface area contributed by atoms with Gasteiger partial charge in [0.1, 0.15) is 0 Å². The summed E-state index contributed by atoms with van der Waals surface area (Å²) in [6, 6.07) is 0. The third-order valence-electron chi connectivity index (χ3n) is 0.810. The topological polar surface area (TPSA) is 0 Å². The molecule has 1 heterocycles. The van der Waals surface area contributed by atoms with E-state index >= 15 is 0 Å². The molecule has 0 saturated carbocycles. The molecule has 1 aliphatic heterocycles. The fourth-order valence-electron chi connectivity index (χ4n) is 0.489. The molecule has 1 aliphatic rings. The molecule has 0 fully saturated rings. The average molecular weight is 196 g/mol. The van der Waals surface area contributed by atoms with Gasteiger partial charge in [-0.05, 0) is 0 Å². The number of hydrogen-bond donors (Lipinski definition) is 0. The van der Waals surface area contributed by atoms with Gasteiger partial charge in [0.2, 0.25) is 0 Å². The molecule has 0 amide bonds. The zero-order chi connectivity index (χ0) is 4.24. The summed E-state index contributed by atoms with van der Waals surface area (Å²) in [4.78, 5) is 0. The predicted octanol–water partition coefficient (Wildman–Crippen LogP) is 1.65. The Balaban J connectivity index is 2.26. The van der Waals surface area contributed by atoms with Crippen LogP contribution in [0.5, 0.6) is 0 Å². The third-order valence-corrected chi connectivity index (χ3v) is 3.53. The monoisotopic (exact) mass is 196 g/mol. The van der Waals surface area contributed by atoms with Gasteiger partial charge in [-0.15, -0.1) is 0 Å². The van der Waals surface area contributed by atoms with Crippen molar-refractivity contribution in [2.75, 3.05) is 8.86 Å². The normalized spacial score (nSPS) is 22.7. The molecule has 0 N–H and O–H groups in total. The van der Waals surface area contributed by atoms with Crippen LogP contribution in [-0.4, -0.2) is 8.86 Å². The van der Waals surface area contributed by atoms with Crippen molar-refractivity contribution in [3.63, 3.8) is 0 Å². The molecule has 0 aromatic carbocycles. The summed E-state index contributed by atoms with van der Waals surface area (Å²) < 4.78 is 2.99. The van der Waals surface area contributed by atoms with Crippen LogP contribution in [-0.2, 0) is 0 Å². The van der Waals surface area contributed by atoms with Crippen LogP contribution in [0, 0.1) is 0 Å². The maximum absolute atomic E-state index is 2.33. The van der Waals surface area contributed by atoms with Gasteiger partial charge in [0.25, 0.3) is 0 Å². The summed E-state index contributed by atoms with van der Waals surface area (Å²) in [6.45, 7) is 0. The maximum atomic E-state index is 2.33. The summed E-state index contributed by atoms with van der Waals surface area (Å²) in [5.41, 5.74) is 0. The summed E-state index contributed by atoms with van der Waals surface area (Å²) in [7, 11) is 0. The minimum absolute atomic E-state index is 0.485. The Morgan fingerprint density at radius 3 is 2.50 bits per heavy atom. The van der Waals surface area contributed by atoms with Crippen molar-refractivity contribution < 1.29 is 0 Å². The van der Waals surface area contributed by atoms with Gasteiger partial charge in [-0.2, -0.15) is 0 Å². The van der Waals surface area contributed by atoms with E-state index in [1.54, 1.807) is 4.43 Å². The number of alkyl halides is 2. The van der Waals surface area contributed by atoms with Crippen molar-refractivity contribution in [3.05, 3.63) is 12.2 Å². The molecule has 0 aromatic heterocycles. The Morgan fingerprint density at radius 2 is 2.33 bits per heavy atom. The Morgan fingerprint density at radius 1 is 1.33 bits per heavy atom. The van der Waals surface area contributed by atoms with Crippen molar-refractivity contribution >= 4 is 21.2 Å². The van der Waals surface area contributed by atoms with Crippen LogP contribution < -0.4 is 0 Å². The van der Waals surface area contributed by atoms with Crippen LogP contribution in [0.2, 0.25) is 0 Å². The van der Waals surface area contributed by atoms with Gasteiger partial charge in [-0.25, -0.2) is 0 Å². The standard InChI is InChI=1S/C5H9I/c1-2-4-6-5-3-1/h1-2,6H,3-5H2. The summed E-state index contributed by atoms with van der Waals surface area (Å²) in [6.07, 6.45) is 6.00. The Labute approximate surface area is 48.9 Å². The van der Waals surface area contributed by atoms with Gasteiger partial charge in [0.05, 0.1) is 0 Å². The fourth-order valence-corrected chi connectivity index (χ4v) is 2.61. The van der Waals surface area contributed by atoms with Gasteiger partial charge in [0.15, 0.2) is 0 Å². The molecule has 0 aromatic rings. The zero-order valence-electron chi connectivity index (χ0n) is 3.68. The van der Waals surface area contributed by atoms with E-state index in [1.165, 1.54) is 10.8 Å². The molecule has 0 spiro atoms. The predicted molar refractivity (Wildman–Crippen MR) is 38.9 cm³/mol. The Bertz CT molecular complexity index is 49.0. The molecule has 0 nitrogen and oxygen atoms in total. The molecule has 0 aliphatic carbocycles. The minimum atomic E-state index is 0.485. The van der Waals surface area contributed by atoms with Crippen molar-refractivity contribution in [3.8, 4) is 0 Å². The summed E-state index contributed by atoms with van der Waals surface area (Å²) in [5, 5.41) is 0. The first-order valence-electron chi connectivity index (χ1n) is 2.23. The van der Waals surface area contributed by atoms with E-state index in [1.807, 2.05) is 0 Å². The third kappa shape index (κ3) is 1.29. The van der Waals surface area contributed by atoms with Gasteiger partial charge in [-0.3, -0.25) is 0 Å². The SMILES string of the molecule is C1=CC[IH]CC1. The molecule has 0 saturated heterocycles. The molecule has 0 unspecified atom stereocenters. The first kappa shape index (κ1) is 4.62. The quantitative estimate of drug-likeness (QED) is 0.314. The molecular weight excluding hydrogens is 187 g/mol. The van der Waals surface area contributed by atoms with Crippen LogP contribution in [0.1, 0.15) is 6.42 Å². The van der Waals surface area contributed by atoms with E-state index in [-0.39, 0.29) is 0 Å². The first-order chi connectivity index (χ1) is 3.00. The van der Waals surface area contributed by atoms with Crippen molar-refractivity contribution in [1.82, 2.24) is 0 Å². The van der Waals surface area contributed by atoms with E-state index in [0.717, 1.165) is 0 Å². The first-order valence-corrected chi connectivity index (χ1v) is 5.52. The van der Waals surface area contributed by atoms with Crippen molar-refractivity contribution in [2.45, 2.75) is 6.42 Å². The molecule has 6 heavy (non-hydrogen) atoms. The Hall–Kier alpha value is 0.470. The van der Waals surface area contributed by atoms with Crippen molar-refractivity contribution in [2.24, 2.45) is 0 Å². The van der Waals surface area contributed by atoms with Gasteiger partial charge < -0.3 is 0 Å². The number of hydrogen-bond acceptors (Lipinski definition) is 0. The van der Waals surface area contributed by atoms with E-state index in [2.05, 4.69) is 12.2 Å². The van der Waals surface area contributed by atoms with Gasteiger partial charge in [0, 0.05) is 0 Å². The zero-order valence-corrected chi connectivity index (χ0v) is 6.01. The second-order valence-electron chi connectivity index (χ2n) is 1.33. The molecule has 1 heteroatoms. The fraction of sp³-hybridized carbons (Fsp3) is 0.600. The summed E-state index contributed by atoms with van der Waals surface area (Å²) >= 11 is 0.485. The molecule has 0 atom stereocenters. The van der Waals surface area contributed by atoms with Crippen LogP contribution >= 0.6 is 21.2 Å². The second kappa shape index (κ2) is 2.61. The molecule has 0 bridgehead atoms. The molecule has 36 valence electrons. The van der Waals surface area contributed by atoms with E-state index in [0.29, 0.717) is 21.2 Å².